The van der Waals surface area contributed by atoms with E-state index in [-0.39, 0.29) is 29.7 Å². The summed E-state index contributed by atoms with van der Waals surface area (Å²) in [6.07, 6.45) is 47.0. The van der Waals surface area contributed by atoms with Gasteiger partial charge in [0.25, 0.3) is 17.7 Å². The fourth-order valence-electron chi connectivity index (χ4n) is 20.5. The van der Waals surface area contributed by atoms with Gasteiger partial charge in [-0.2, -0.15) is 15.3 Å². The Balaban J connectivity index is 0.000000111. The number of nitrogens with one attached hydrogen (secondary N) is 3. The van der Waals surface area contributed by atoms with E-state index in [1.807, 2.05) is 0 Å². The summed E-state index contributed by atoms with van der Waals surface area (Å²) in [5.74, 6) is 2.81. The van der Waals surface area contributed by atoms with E-state index in [4.69, 9.17) is 15.3 Å². The van der Waals surface area contributed by atoms with Gasteiger partial charge < -0.3 is 26.0 Å². The number of amides is 3. The second kappa shape index (κ2) is 24.3. The number of aromatic nitrogens is 6. The Morgan fingerprint density at radius 2 is 0.771 bits per heavy atom. The molecule has 0 aromatic carbocycles. The van der Waals surface area contributed by atoms with Gasteiger partial charge in [0.15, 0.2) is 17.1 Å². The van der Waals surface area contributed by atoms with Crippen LogP contribution < -0.4 is 16.0 Å². The molecule has 83 heavy (non-hydrogen) atoms. The molecule has 6 atom stereocenters. The number of hydrogen-bond donors (Lipinski definition) is 4. The second-order valence-corrected chi connectivity index (χ2v) is 29.5. The van der Waals surface area contributed by atoms with E-state index in [1.165, 1.54) is 189 Å². The molecule has 12 aliphatic carbocycles. The Morgan fingerprint density at radius 3 is 1.19 bits per heavy atom. The largest absolute Gasteiger partial charge is 0.481 e. The standard InChI is InChI=1S/C24H35N3O.C22H34N4O.C22H31N3O3/c28-24(25-22-17-11-15-10-16(13-17)14-18(22)12-15)23-20-8-4-5-9-21(20)27(26-23)19-6-2-1-3-7-19;1-25-17-11-12-18(25)14-15(13-17)23-22(27)21-19-9-5-6-10-20(19)26(24-21)16-7-3-2-4-8-16;26-21(23-19-14-11-10-13(12-14)18(19)22(27)28)20-16-8-4-5-9-17(16)25(24-20)15-6-2-1-3-7-15/h15-19,22H,1-14H2,(H,25,28);15-18H,2-14H2,1H3,(H,23,27);13-15,18-19H,1-12H2,(H,23,26)(H,27,28). The van der Waals surface area contributed by atoms with Crippen LogP contribution in [0.4, 0.5) is 0 Å². The molecule has 15 heteroatoms. The molecular weight excluding hydrogens is 1040 g/mol. The van der Waals surface area contributed by atoms with Crippen molar-refractivity contribution in [3.05, 3.63) is 50.9 Å². The number of carboxylic acids is 1. The number of aliphatic carboxylic acids is 1. The van der Waals surface area contributed by atoms with Crippen molar-refractivity contribution in [2.45, 2.75) is 299 Å². The van der Waals surface area contributed by atoms with Crippen LogP contribution in [-0.2, 0) is 43.3 Å². The highest BCUT2D eigenvalue weighted by atomic mass is 16.4. The van der Waals surface area contributed by atoms with Crippen LogP contribution in [0, 0.1) is 41.4 Å². The minimum atomic E-state index is -0.757. The number of carbonyl (C=O) groups is 4. The van der Waals surface area contributed by atoms with Crippen molar-refractivity contribution in [1.29, 1.82) is 0 Å². The van der Waals surface area contributed by atoms with E-state index in [0.717, 1.165) is 131 Å². The summed E-state index contributed by atoms with van der Waals surface area (Å²) in [4.78, 5) is 54.2. The lowest BCUT2D eigenvalue weighted by atomic mass is 9.54. The van der Waals surface area contributed by atoms with Crippen molar-refractivity contribution in [2.24, 2.45) is 41.4 Å². The molecule has 3 amide bonds. The molecule has 9 saturated carbocycles. The zero-order chi connectivity index (χ0) is 56.3. The first-order valence-electron chi connectivity index (χ1n) is 34.8. The molecule has 14 aliphatic rings. The van der Waals surface area contributed by atoms with E-state index in [1.54, 1.807) is 0 Å². The Bertz CT molecular complexity index is 2810. The molecule has 4 N–H and O–H groups in total. The Morgan fingerprint density at radius 1 is 0.386 bits per heavy atom. The first-order chi connectivity index (χ1) is 40.6. The van der Waals surface area contributed by atoms with Gasteiger partial charge in [0.2, 0.25) is 0 Å². The maximum absolute atomic E-state index is 13.4. The second-order valence-electron chi connectivity index (χ2n) is 29.5. The molecule has 17 rings (SSSR count). The summed E-state index contributed by atoms with van der Waals surface area (Å²) in [7, 11) is 2.25. The normalized spacial score (nSPS) is 33.7. The van der Waals surface area contributed by atoms with Crippen LogP contribution in [0.2, 0.25) is 0 Å². The fraction of sp³-hybridized carbons (Fsp3) is 0.809. The Kier molecular flexibility index (Phi) is 16.5. The van der Waals surface area contributed by atoms with Gasteiger partial charge in [-0.15, -0.1) is 0 Å². The molecule has 11 fully saturated rings. The van der Waals surface area contributed by atoms with Crippen LogP contribution in [0.15, 0.2) is 0 Å². The number of fused-ring (bicyclic) bond motifs is 7. The number of carboxylic acid groups (broad SMARTS) is 1. The quantitative estimate of drug-likeness (QED) is 0.154. The van der Waals surface area contributed by atoms with Gasteiger partial charge >= 0.3 is 5.97 Å². The lowest BCUT2D eigenvalue weighted by molar-refractivity contribution is -0.144. The number of hydrogen-bond acceptors (Lipinski definition) is 8. The summed E-state index contributed by atoms with van der Waals surface area (Å²) in [6, 6.07) is 3.30. The monoisotopic (exact) mass is 1140 g/mol. The maximum atomic E-state index is 13.4. The molecule has 3 aromatic rings. The van der Waals surface area contributed by atoms with Crippen LogP contribution >= 0.6 is 0 Å². The highest BCUT2D eigenvalue weighted by molar-refractivity contribution is 5.96. The predicted octanol–water partition coefficient (Wildman–Crippen LogP) is 11.9. The first-order valence-corrected chi connectivity index (χ1v) is 34.8. The van der Waals surface area contributed by atoms with Crippen LogP contribution in [0.3, 0.4) is 0 Å². The topological polar surface area (TPSA) is 181 Å². The maximum Gasteiger partial charge on any atom is 0.308 e. The number of piperidine rings is 1. The highest BCUT2D eigenvalue weighted by Gasteiger charge is 2.53. The number of nitrogens with zero attached hydrogens (tertiary/aromatic N) is 7. The zero-order valence-corrected chi connectivity index (χ0v) is 50.4. The van der Waals surface area contributed by atoms with Gasteiger partial charge in [0, 0.05) is 64.0 Å². The van der Waals surface area contributed by atoms with Crippen LogP contribution in [0.5, 0.6) is 0 Å². The van der Waals surface area contributed by atoms with Crippen molar-refractivity contribution >= 4 is 23.7 Å². The third-order valence-corrected chi connectivity index (χ3v) is 24.5. The summed E-state index contributed by atoms with van der Waals surface area (Å²) < 4.78 is 6.76. The SMILES string of the molecule is CN1C2CCC1CC(NC(=O)c1nn(C3CCCCC3)c3c1CCCC3)C2.O=C(NC1C2CC3CC(C2)CC1C3)c1nn(C2CCCCC2)c2c1CCCC2.O=C(NC1C2CCC(C2)C1C(=O)O)c1nn(C2CCCCC2)c2c1CCCC2. The molecule has 0 radical (unpaired) electrons. The summed E-state index contributed by atoms with van der Waals surface area (Å²) in [5.41, 5.74) is 9.84. The van der Waals surface area contributed by atoms with Gasteiger partial charge in [0.1, 0.15) is 0 Å². The van der Waals surface area contributed by atoms with E-state index in [0.29, 0.717) is 53.9 Å². The summed E-state index contributed by atoms with van der Waals surface area (Å²) in [6.45, 7) is 0. The minimum Gasteiger partial charge on any atom is -0.481 e. The summed E-state index contributed by atoms with van der Waals surface area (Å²) >= 11 is 0. The number of carbonyl (C=O) groups excluding carboxylic acids is 3. The molecule has 6 unspecified atom stereocenters. The highest BCUT2D eigenvalue weighted by Crippen LogP contribution is 2.54. The Labute approximate surface area is 494 Å². The van der Waals surface area contributed by atoms with Crippen molar-refractivity contribution in [2.75, 3.05) is 7.05 Å². The molecule has 3 aromatic heterocycles. The lowest BCUT2D eigenvalue weighted by Gasteiger charge is -2.54. The van der Waals surface area contributed by atoms with Crippen LogP contribution in [0.25, 0.3) is 0 Å². The average molecular weight is 1140 g/mol. The molecule has 2 saturated heterocycles. The van der Waals surface area contributed by atoms with Crippen molar-refractivity contribution < 1.29 is 24.3 Å². The smallest absolute Gasteiger partial charge is 0.308 e. The Hall–Kier alpha value is -4.53. The van der Waals surface area contributed by atoms with Crippen molar-refractivity contribution in [3.63, 3.8) is 0 Å². The van der Waals surface area contributed by atoms with E-state index < -0.39 is 11.9 Å². The van der Waals surface area contributed by atoms with E-state index >= 15 is 0 Å². The molecule has 8 bridgehead atoms. The van der Waals surface area contributed by atoms with Gasteiger partial charge in [0.05, 0.1) is 24.0 Å². The van der Waals surface area contributed by atoms with E-state index in [2.05, 4.69) is 41.9 Å². The van der Waals surface area contributed by atoms with Gasteiger partial charge in [-0.25, -0.2) is 0 Å². The molecular formula is C68H100N10O5. The predicted molar refractivity (Wildman–Crippen MR) is 320 cm³/mol. The fourth-order valence-corrected chi connectivity index (χ4v) is 20.5. The zero-order valence-electron chi connectivity index (χ0n) is 50.4. The van der Waals surface area contributed by atoms with E-state index in [9.17, 15) is 24.3 Å². The van der Waals surface area contributed by atoms with Gasteiger partial charge in [-0.1, -0.05) is 57.8 Å². The average Bonchev–Trinajstić information content (AvgIpc) is 4.20. The third-order valence-electron chi connectivity index (χ3n) is 24.5. The van der Waals surface area contributed by atoms with Crippen LogP contribution in [-0.4, -0.2) is 100 Å². The number of rotatable bonds is 10. The lowest BCUT2D eigenvalue weighted by Crippen LogP contribution is -2.56. The minimum absolute atomic E-state index is 0.0941. The van der Waals surface area contributed by atoms with Crippen LogP contribution in [0.1, 0.15) is 295 Å². The third kappa shape index (κ3) is 11.2. The van der Waals surface area contributed by atoms with Gasteiger partial charge in [-0.3, -0.25) is 33.2 Å². The van der Waals surface area contributed by atoms with Gasteiger partial charge in [-0.05, 0) is 235 Å². The van der Waals surface area contributed by atoms with Crippen molar-refractivity contribution in [3.8, 4) is 0 Å². The van der Waals surface area contributed by atoms with Crippen molar-refractivity contribution in [1.82, 2.24) is 50.2 Å². The molecule has 5 heterocycles. The first kappa shape index (κ1) is 56.3. The molecule has 0 spiro atoms. The summed E-state index contributed by atoms with van der Waals surface area (Å²) in [5, 5.41) is 34.5. The molecule has 2 aliphatic heterocycles. The molecule has 15 nitrogen and oxygen atoms in total. The molecule has 452 valence electrons.